The SMILES string of the molecule is CC(=O)O[C@@H]1C[C@@H](C(=O)N(C)c2ccc(-n3cc(NC(=O)c4coc(-c5ccnc(N(CC6CC6)C(=O)OC(C)(C)C)c5)n4)c(C(F)F)n3)cc2)N(C(=O)O)C1. The molecule has 3 aromatic heterocycles. The van der Waals surface area contributed by atoms with E-state index in [2.05, 4.69) is 20.4 Å². The average Bonchev–Trinajstić information content (AvgIpc) is 3.47. The van der Waals surface area contributed by atoms with E-state index in [4.69, 9.17) is 13.9 Å². The normalized spacial score (nSPS) is 16.8. The van der Waals surface area contributed by atoms with Gasteiger partial charge in [-0.15, -0.1) is 0 Å². The largest absolute Gasteiger partial charge is 0.465 e. The summed E-state index contributed by atoms with van der Waals surface area (Å²) < 4.78 is 45.7. The predicted molar refractivity (Wildman–Crippen MR) is 195 cm³/mol. The van der Waals surface area contributed by atoms with Crippen LogP contribution < -0.4 is 15.1 Å². The highest BCUT2D eigenvalue weighted by molar-refractivity contribution is 6.03. The van der Waals surface area contributed by atoms with E-state index in [9.17, 15) is 37.9 Å². The van der Waals surface area contributed by atoms with Gasteiger partial charge in [-0.1, -0.05) is 0 Å². The summed E-state index contributed by atoms with van der Waals surface area (Å²) in [6.07, 6.45) is -0.0460. The fourth-order valence-electron chi connectivity index (χ4n) is 6.05. The second-order valence-electron chi connectivity index (χ2n) is 14.4. The Labute approximate surface area is 319 Å². The number of carboxylic acid groups (broad SMARTS) is 1. The highest BCUT2D eigenvalue weighted by Crippen LogP contribution is 2.33. The fourth-order valence-corrected chi connectivity index (χ4v) is 6.05. The zero-order valence-corrected chi connectivity index (χ0v) is 31.1. The monoisotopic (exact) mass is 778 g/mol. The van der Waals surface area contributed by atoms with Crippen molar-refractivity contribution in [2.45, 2.75) is 71.1 Å². The maximum absolute atomic E-state index is 14.1. The van der Waals surface area contributed by atoms with E-state index in [1.165, 1.54) is 60.4 Å². The quantitative estimate of drug-likeness (QED) is 0.171. The van der Waals surface area contributed by atoms with Crippen LogP contribution in [0.2, 0.25) is 0 Å². The average molecular weight is 779 g/mol. The molecular formula is C37H40F2N8O9. The van der Waals surface area contributed by atoms with Crippen LogP contribution in [0.1, 0.15) is 69.6 Å². The number of carbonyl (C=O) groups is 5. The first-order valence-corrected chi connectivity index (χ1v) is 17.6. The van der Waals surface area contributed by atoms with E-state index in [-0.39, 0.29) is 30.2 Å². The van der Waals surface area contributed by atoms with Crippen LogP contribution in [0.15, 0.2) is 59.5 Å². The van der Waals surface area contributed by atoms with Crippen LogP contribution in [-0.4, -0.2) is 97.6 Å². The van der Waals surface area contributed by atoms with Crippen molar-refractivity contribution in [1.82, 2.24) is 24.6 Å². The Morgan fingerprint density at radius 1 is 1.11 bits per heavy atom. The number of ether oxygens (including phenoxy) is 2. The van der Waals surface area contributed by atoms with Crippen molar-refractivity contribution in [2.75, 3.05) is 35.3 Å². The molecule has 17 nitrogen and oxygen atoms in total. The molecule has 296 valence electrons. The third kappa shape index (κ3) is 9.10. The Morgan fingerprint density at radius 3 is 2.45 bits per heavy atom. The van der Waals surface area contributed by atoms with Crippen LogP contribution in [0.3, 0.4) is 0 Å². The Morgan fingerprint density at radius 2 is 1.82 bits per heavy atom. The van der Waals surface area contributed by atoms with Crippen LogP contribution in [0.4, 0.5) is 35.6 Å². The number of hydrogen-bond donors (Lipinski definition) is 2. The number of carbonyl (C=O) groups excluding carboxylic acids is 4. The first kappa shape index (κ1) is 39.3. The zero-order valence-electron chi connectivity index (χ0n) is 31.1. The number of pyridine rings is 1. The molecule has 1 aliphatic heterocycles. The van der Waals surface area contributed by atoms with Gasteiger partial charge in [0.05, 0.1) is 24.1 Å². The standard InChI is InChI=1S/C37H40F2N8O9/c1-20(48)55-25-15-28(45(17-25)35(51)52)34(50)44(5)23-8-10-24(11-9-23)47-18-26(30(43-47)31(38)39)41-32(49)27-19-54-33(42-27)22-12-13-40-29(14-22)46(16-21-6-7-21)36(53)56-37(2,3)4/h8-14,18-19,21,25,28,31H,6-7,15-17H2,1-5H3,(H,41,49)(H,51,52)/t25-,28+/m1/s1. The number of esters is 1. The Balaban J connectivity index is 1.15. The number of nitrogens with one attached hydrogen (secondary N) is 1. The molecule has 2 N–H and O–H groups in total. The molecule has 19 heteroatoms. The summed E-state index contributed by atoms with van der Waals surface area (Å²) >= 11 is 0. The van der Waals surface area contributed by atoms with E-state index < -0.39 is 59.8 Å². The number of oxazole rings is 1. The predicted octanol–water partition coefficient (Wildman–Crippen LogP) is 5.91. The Kier molecular flexibility index (Phi) is 11.1. The summed E-state index contributed by atoms with van der Waals surface area (Å²) in [5, 5.41) is 16.0. The number of nitrogens with zero attached hydrogens (tertiary/aromatic N) is 7. The third-order valence-electron chi connectivity index (χ3n) is 8.91. The van der Waals surface area contributed by atoms with Gasteiger partial charge in [-0.2, -0.15) is 5.10 Å². The number of aromatic nitrogens is 4. The van der Waals surface area contributed by atoms with Crippen molar-refractivity contribution in [3.05, 3.63) is 66.4 Å². The first-order chi connectivity index (χ1) is 26.5. The van der Waals surface area contributed by atoms with E-state index in [1.807, 2.05) is 0 Å². The van der Waals surface area contributed by atoms with Crippen molar-refractivity contribution in [3.8, 4) is 17.1 Å². The van der Waals surface area contributed by atoms with E-state index in [1.54, 1.807) is 32.9 Å². The number of rotatable bonds is 11. The molecule has 4 amide bonds. The van der Waals surface area contributed by atoms with Gasteiger partial charge in [0.25, 0.3) is 12.3 Å². The number of amides is 4. The van der Waals surface area contributed by atoms with Gasteiger partial charge in [0, 0.05) is 44.4 Å². The summed E-state index contributed by atoms with van der Waals surface area (Å²) in [5.74, 6) is -1.35. The molecule has 1 aliphatic carbocycles. The summed E-state index contributed by atoms with van der Waals surface area (Å²) in [4.78, 5) is 75.0. The van der Waals surface area contributed by atoms with Gasteiger partial charge in [-0.25, -0.2) is 33.0 Å². The molecule has 0 spiro atoms. The summed E-state index contributed by atoms with van der Waals surface area (Å²) in [7, 11) is 1.45. The maximum atomic E-state index is 14.1. The van der Waals surface area contributed by atoms with E-state index in [0.717, 1.165) is 28.7 Å². The van der Waals surface area contributed by atoms with Crippen molar-refractivity contribution < 1.29 is 51.8 Å². The molecule has 2 aliphatic rings. The van der Waals surface area contributed by atoms with Crippen LogP contribution in [0.25, 0.3) is 17.1 Å². The van der Waals surface area contributed by atoms with Crippen LogP contribution in [0, 0.1) is 5.92 Å². The molecule has 0 unspecified atom stereocenters. The van der Waals surface area contributed by atoms with E-state index >= 15 is 0 Å². The lowest BCUT2D eigenvalue weighted by Crippen LogP contribution is -2.46. The minimum absolute atomic E-state index is 0.0133. The molecule has 6 rings (SSSR count). The summed E-state index contributed by atoms with van der Waals surface area (Å²) in [6.45, 7) is 6.76. The van der Waals surface area contributed by atoms with Crippen molar-refractivity contribution in [1.29, 1.82) is 0 Å². The Hall–Kier alpha value is -6.40. The van der Waals surface area contributed by atoms with Crippen LogP contribution in [0.5, 0.6) is 0 Å². The molecule has 4 aromatic rings. The molecule has 2 fully saturated rings. The number of halogens is 2. The number of anilines is 3. The molecule has 0 bridgehead atoms. The lowest BCUT2D eigenvalue weighted by atomic mass is 10.1. The molecule has 1 saturated carbocycles. The lowest BCUT2D eigenvalue weighted by Gasteiger charge is -2.27. The van der Waals surface area contributed by atoms with Gasteiger partial charge >= 0.3 is 18.2 Å². The molecule has 56 heavy (non-hydrogen) atoms. The minimum Gasteiger partial charge on any atom is -0.465 e. The van der Waals surface area contributed by atoms with Gasteiger partial charge in [-0.3, -0.25) is 24.2 Å². The van der Waals surface area contributed by atoms with Crippen LogP contribution >= 0.6 is 0 Å². The Bertz CT molecular complexity index is 2130. The van der Waals surface area contributed by atoms with Gasteiger partial charge in [0.15, 0.2) is 11.4 Å². The third-order valence-corrected chi connectivity index (χ3v) is 8.91. The second kappa shape index (κ2) is 15.8. The molecule has 1 saturated heterocycles. The highest BCUT2D eigenvalue weighted by Gasteiger charge is 2.42. The first-order valence-electron chi connectivity index (χ1n) is 17.6. The number of likely N-dealkylation sites (N-methyl/N-ethyl adjacent to an activating group) is 1. The van der Waals surface area contributed by atoms with Crippen LogP contribution in [-0.2, 0) is 19.1 Å². The van der Waals surface area contributed by atoms with Crippen molar-refractivity contribution in [2.24, 2.45) is 5.92 Å². The van der Waals surface area contributed by atoms with Crippen molar-refractivity contribution >= 4 is 47.2 Å². The molecule has 1 aromatic carbocycles. The molecule has 2 atom stereocenters. The fraction of sp³-hybridized carbons (Fsp3) is 0.405. The maximum Gasteiger partial charge on any atom is 0.416 e. The van der Waals surface area contributed by atoms with Gasteiger partial charge in [-0.05, 0) is 75.9 Å². The molecule has 0 radical (unpaired) electrons. The number of hydrogen-bond acceptors (Lipinski definition) is 11. The smallest absolute Gasteiger partial charge is 0.416 e. The second-order valence-corrected chi connectivity index (χ2v) is 14.4. The van der Waals surface area contributed by atoms with Gasteiger partial charge < -0.3 is 29.2 Å². The molecule has 4 heterocycles. The minimum atomic E-state index is -3.07. The lowest BCUT2D eigenvalue weighted by molar-refractivity contribution is -0.145. The number of likely N-dealkylation sites (tertiary alicyclic amines) is 1. The van der Waals surface area contributed by atoms with Gasteiger partial charge in [0.1, 0.15) is 29.8 Å². The number of benzene rings is 1. The van der Waals surface area contributed by atoms with Gasteiger partial charge in [0.2, 0.25) is 11.8 Å². The highest BCUT2D eigenvalue weighted by atomic mass is 19.3. The van der Waals surface area contributed by atoms with E-state index in [0.29, 0.717) is 35.2 Å². The topological polar surface area (TPSA) is 203 Å². The molecular weight excluding hydrogens is 738 g/mol. The van der Waals surface area contributed by atoms with Crippen molar-refractivity contribution in [3.63, 3.8) is 0 Å². The zero-order chi connectivity index (χ0) is 40.5. The summed E-state index contributed by atoms with van der Waals surface area (Å²) in [5.41, 5.74) is -0.875. The summed E-state index contributed by atoms with van der Waals surface area (Å²) in [6, 6.07) is 8.09. The number of alkyl halides is 2.